The average Bonchev–Trinajstić information content (AvgIpc) is 2.46. The largest absolute Gasteiger partial charge is 0.388 e. The molecular formula is C8H12F2N4S. The highest BCUT2D eigenvalue weighted by molar-refractivity contribution is 7.80. The van der Waals surface area contributed by atoms with Gasteiger partial charge in [-0.25, -0.2) is 13.5 Å². The van der Waals surface area contributed by atoms with Gasteiger partial charge in [0, 0.05) is 0 Å². The Labute approximate surface area is 91.4 Å². The molecule has 4 nitrogen and oxygen atoms in total. The van der Waals surface area contributed by atoms with Gasteiger partial charge < -0.3 is 5.73 Å². The van der Waals surface area contributed by atoms with Crippen LogP contribution in [0.3, 0.4) is 0 Å². The van der Waals surface area contributed by atoms with Gasteiger partial charge in [-0.2, -0.15) is 0 Å². The molecular weight excluding hydrogens is 222 g/mol. The summed E-state index contributed by atoms with van der Waals surface area (Å²) >= 11 is 4.77. The number of nitrogens with two attached hydrogens (primary N) is 1. The molecule has 2 N–H and O–H groups in total. The molecule has 0 saturated carbocycles. The quantitative estimate of drug-likeness (QED) is 0.798. The van der Waals surface area contributed by atoms with Crippen LogP contribution in [0.5, 0.6) is 0 Å². The summed E-state index contributed by atoms with van der Waals surface area (Å²) in [4.78, 5) is 0.0826. The molecule has 0 fully saturated rings. The standard InChI is InChI=1S/C8H12F2N4S/c1-4(2)7-6(8(11)15)12-13-14(7)3-5(9)10/h4-5H,3H2,1-2H3,(H2,11,15). The second-order valence-electron chi connectivity index (χ2n) is 3.42. The minimum absolute atomic E-state index is 0.00440. The van der Waals surface area contributed by atoms with Gasteiger partial charge in [-0.05, 0) is 5.92 Å². The predicted octanol–water partition coefficient (Wildman–Crippen LogP) is 1.30. The summed E-state index contributed by atoms with van der Waals surface area (Å²) in [7, 11) is 0. The van der Waals surface area contributed by atoms with Crippen molar-refractivity contribution in [3.8, 4) is 0 Å². The van der Waals surface area contributed by atoms with Gasteiger partial charge in [0.05, 0.1) is 5.69 Å². The van der Waals surface area contributed by atoms with Crippen molar-refractivity contribution in [3.63, 3.8) is 0 Å². The first-order valence-electron chi connectivity index (χ1n) is 4.44. The number of aromatic nitrogens is 3. The Morgan fingerprint density at radius 2 is 2.13 bits per heavy atom. The smallest absolute Gasteiger partial charge is 0.257 e. The van der Waals surface area contributed by atoms with Gasteiger partial charge >= 0.3 is 0 Å². The van der Waals surface area contributed by atoms with E-state index in [9.17, 15) is 8.78 Å². The van der Waals surface area contributed by atoms with Crippen LogP contribution in [0.25, 0.3) is 0 Å². The lowest BCUT2D eigenvalue weighted by Gasteiger charge is -2.09. The first-order valence-corrected chi connectivity index (χ1v) is 4.85. The van der Waals surface area contributed by atoms with Crippen LogP contribution in [0.1, 0.15) is 31.2 Å². The van der Waals surface area contributed by atoms with Crippen LogP contribution in [-0.4, -0.2) is 26.4 Å². The normalized spacial score (nSPS) is 11.3. The van der Waals surface area contributed by atoms with Gasteiger partial charge in [-0.15, -0.1) is 5.10 Å². The molecule has 0 saturated heterocycles. The van der Waals surface area contributed by atoms with E-state index in [1.807, 2.05) is 13.8 Å². The van der Waals surface area contributed by atoms with Crippen molar-refractivity contribution in [1.29, 1.82) is 0 Å². The predicted molar refractivity (Wildman–Crippen MR) is 56.0 cm³/mol. The SMILES string of the molecule is CC(C)c1c(C(N)=S)nnn1CC(F)F. The number of hydrogen-bond donors (Lipinski definition) is 1. The van der Waals surface area contributed by atoms with Crippen molar-refractivity contribution in [3.05, 3.63) is 11.4 Å². The van der Waals surface area contributed by atoms with E-state index in [0.29, 0.717) is 11.4 Å². The molecule has 0 aromatic carbocycles. The molecule has 1 aromatic heterocycles. The highest BCUT2D eigenvalue weighted by Gasteiger charge is 2.19. The molecule has 0 atom stereocenters. The molecule has 0 unspecified atom stereocenters. The van der Waals surface area contributed by atoms with E-state index in [1.54, 1.807) is 0 Å². The maximum Gasteiger partial charge on any atom is 0.257 e. The fourth-order valence-electron chi connectivity index (χ4n) is 1.33. The molecule has 0 spiro atoms. The van der Waals surface area contributed by atoms with Gasteiger partial charge in [-0.1, -0.05) is 31.3 Å². The van der Waals surface area contributed by atoms with E-state index >= 15 is 0 Å². The van der Waals surface area contributed by atoms with Crippen molar-refractivity contribution in [2.45, 2.75) is 32.7 Å². The lowest BCUT2D eigenvalue weighted by atomic mass is 10.1. The second-order valence-corrected chi connectivity index (χ2v) is 3.86. The van der Waals surface area contributed by atoms with E-state index in [-0.39, 0.29) is 10.9 Å². The molecule has 1 rings (SSSR count). The summed E-state index contributed by atoms with van der Waals surface area (Å²) in [6.07, 6.45) is -2.47. The molecule has 0 amide bonds. The Morgan fingerprint density at radius 1 is 1.53 bits per heavy atom. The van der Waals surface area contributed by atoms with Gasteiger partial charge in [0.15, 0.2) is 0 Å². The van der Waals surface area contributed by atoms with E-state index in [0.717, 1.165) is 4.68 Å². The van der Waals surface area contributed by atoms with Crippen molar-refractivity contribution < 1.29 is 8.78 Å². The molecule has 7 heteroatoms. The van der Waals surface area contributed by atoms with Crippen molar-refractivity contribution >= 4 is 17.2 Å². The Hall–Kier alpha value is -1.11. The van der Waals surface area contributed by atoms with Crippen LogP contribution in [0, 0.1) is 0 Å². The van der Waals surface area contributed by atoms with E-state index < -0.39 is 13.0 Å². The molecule has 1 heterocycles. The molecule has 0 aliphatic rings. The lowest BCUT2D eigenvalue weighted by Crippen LogP contribution is -2.17. The maximum absolute atomic E-state index is 12.2. The third kappa shape index (κ3) is 2.68. The summed E-state index contributed by atoms with van der Waals surface area (Å²) < 4.78 is 25.6. The van der Waals surface area contributed by atoms with Gasteiger partial charge in [0.25, 0.3) is 6.43 Å². The van der Waals surface area contributed by atoms with Crippen LogP contribution in [0.2, 0.25) is 0 Å². The molecule has 1 aromatic rings. The van der Waals surface area contributed by atoms with Crippen molar-refractivity contribution in [2.24, 2.45) is 5.73 Å². The van der Waals surface area contributed by atoms with Crippen LogP contribution in [0.15, 0.2) is 0 Å². The highest BCUT2D eigenvalue weighted by atomic mass is 32.1. The molecule has 0 radical (unpaired) electrons. The zero-order valence-electron chi connectivity index (χ0n) is 8.44. The molecule has 84 valence electrons. The number of hydrogen-bond acceptors (Lipinski definition) is 3. The first-order chi connectivity index (χ1) is 6.93. The van der Waals surface area contributed by atoms with Crippen molar-refractivity contribution in [2.75, 3.05) is 0 Å². The first kappa shape index (κ1) is 12.0. The topological polar surface area (TPSA) is 56.7 Å². The number of thiocarbonyl (C=S) groups is 1. The zero-order chi connectivity index (χ0) is 11.6. The number of alkyl halides is 2. The molecule has 0 aliphatic carbocycles. The number of nitrogens with zero attached hydrogens (tertiary/aromatic N) is 3. The fourth-order valence-corrected chi connectivity index (χ4v) is 1.48. The van der Waals surface area contributed by atoms with E-state index in [2.05, 4.69) is 10.3 Å². The minimum Gasteiger partial charge on any atom is -0.388 e. The molecule has 15 heavy (non-hydrogen) atoms. The summed E-state index contributed by atoms with van der Waals surface area (Å²) in [6, 6.07) is 0. The third-order valence-electron chi connectivity index (χ3n) is 1.86. The van der Waals surface area contributed by atoms with Crippen molar-refractivity contribution in [1.82, 2.24) is 15.0 Å². The van der Waals surface area contributed by atoms with Crippen LogP contribution in [0.4, 0.5) is 8.78 Å². The van der Waals surface area contributed by atoms with Crippen LogP contribution < -0.4 is 5.73 Å². The minimum atomic E-state index is -2.47. The van der Waals surface area contributed by atoms with E-state index in [4.69, 9.17) is 18.0 Å². The Bertz CT molecular complexity index is 362. The summed E-state index contributed by atoms with van der Waals surface area (Å²) in [6.45, 7) is 3.22. The number of rotatable bonds is 4. The zero-order valence-corrected chi connectivity index (χ0v) is 9.26. The van der Waals surface area contributed by atoms with Gasteiger partial charge in [0.2, 0.25) is 0 Å². The van der Waals surface area contributed by atoms with Gasteiger partial charge in [-0.3, -0.25) is 0 Å². The van der Waals surface area contributed by atoms with Crippen LogP contribution >= 0.6 is 12.2 Å². The van der Waals surface area contributed by atoms with E-state index in [1.165, 1.54) is 0 Å². The Kier molecular flexibility index (Phi) is 3.67. The Balaban J connectivity index is 3.12. The summed E-state index contributed by atoms with van der Waals surface area (Å²) in [5.41, 5.74) is 6.32. The van der Waals surface area contributed by atoms with Crippen LogP contribution in [-0.2, 0) is 6.54 Å². The third-order valence-corrected chi connectivity index (χ3v) is 2.06. The number of halogens is 2. The Morgan fingerprint density at radius 3 is 2.53 bits per heavy atom. The second kappa shape index (κ2) is 4.61. The monoisotopic (exact) mass is 234 g/mol. The molecule has 0 aliphatic heterocycles. The average molecular weight is 234 g/mol. The highest BCUT2D eigenvalue weighted by Crippen LogP contribution is 2.18. The molecule has 0 bridgehead atoms. The fraction of sp³-hybridized carbons (Fsp3) is 0.625. The summed E-state index contributed by atoms with van der Waals surface area (Å²) in [5, 5.41) is 7.32. The summed E-state index contributed by atoms with van der Waals surface area (Å²) in [5.74, 6) is -0.00440. The van der Waals surface area contributed by atoms with Gasteiger partial charge in [0.1, 0.15) is 17.2 Å². The maximum atomic E-state index is 12.2. The lowest BCUT2D eigenvalue weighted by molar-refractivity contribution is 0.119.